The number of carboxylic acids is 1. The first-order valence-electron chi connectivity index (χ1n) is 9.43. The van der Waals surface area contributed by atoms with Crippen LogP contribution in [-0.4, -0.2) is 39.1 Å². The molecule has 0 spiro atoms. The van der Waals surface area contributed by atoms with Crippen molar-refractivity contribution in [1.29, 1.82) is 0 Å². The van der Waals surface area contributed by atoms with Crippen LogP contribution in [0.1, 0.15) is 75.0 Å². The average Bonchev–Trinajstić information content (AvgIpc) is 3.49. The fourth-order valence-electron chi connectivity index (χ4n) is 3.07. The zero-order chi connectivity index (χ0) is 18.9. The number of carbonyl (C=O) groups excluding carboxylic acids is 1. The van der Waals surface area contributed by atoms with Gasteiger partial charge in [-0.15, -0.1) is 0 Å². The van der Waals surface area contributed by atoms with Crippen molar-refractivity contribution in [2.24, 2.45) is 11.8 Å². The molecule has 0 aliphatic heterocycles. The number of carboxylic acid groups (broad SMARTS) is 1. The van der Waals surface area contributed by atoms with Gasteiger partial charge in [-0.3, -0.25) is 9.78 Å². The van der Waals surface area contributed by atoms with Crippen molar-refractivity contribution < 1.29 is 19.4 Å². The number of nitrogens with zero attached hydrogens (tertiary/aromatic N) is 2. The Balaban J connectivity index is 1.81. The number of nitrogens with one attached hydrogen (secondary N) is 1. The topological polar surface area (TPSA) is 101 Å². The van der Waals surface area contributed by atoms with E-state index in [9.17, 15) is 14.7 Å². The van der Waals surface area contributed by atoms with Crippen LogP contribution in [0.5, 0.6) is 5.88 Å². The molecule has 1 amide bonds. The maximum absolute atomic E-state index is 12.7. The molecule has 1 aromatic heterocycles. The van der Waals surface area contributed by atoms with Crippen LogP contribution in [0.2, 0.25) is 0 Å². The molecule has 142 valence electrons. The Labute approximate surface area is 153 Å². The summed E-state index contributed by atoms with van der Waals surface area (Å²) < 4.78 is 5.83. The van der Waals surface area contributed by atoms with E-state index in [0.29, 0.717) is 24.3 Å². The highest BCUT2D eigenvalue weighted by molar-refractivity contribution is 5.96. The molecule has 2 aliphatic carbocycles. The van der Waals surface area contributed by atoms with Gasteiger partial charge in [0.2, 0.25) is 5.88 Å². The van der Waals surface area contributed by atoms with Crippen molar-refractivity contribution in [2.75, 3.05) is 6.61 Å². The van der Waals surface area contributed by atoms with Gasteiger partial charge in [0.05, 0.1) is 12.8 Å². The minimum atomic E-state index is -1.33. The van der Waals surface area contributed by atoms with Gasteiger partial charge in [-0.2, -0.15) is 0 Å². The molecule has 0 aromatic carbocycles. The molecule has 0 radical (unpaired) electrons. The lowest BCUT2D eigenvalue weighted by Crippen LogP contribution is -2.57. The lowest BCUT2D eigenvalue weighted by atomic mass is 9.83. The SMILES string of the molecule is CCC(NC(=O)c1cnc(C2CC2)c(OCC2CC2)n1)(C(=O)O)C(C)C. The van der Waals surface area contributed by atoms with Crippen LogP contribution in [-0.2, 0) is 4.79 Å². The first kappa shape index (κ1) is 18.6. The van der Waals surface area contributed by atoms with Gasteiger partial charge in [-0.05, 0) is 43.9 Å². The van der Waals surface area contributed by atoms with Crippen LogP contribution in [0, 0.1) is 11.8 Å². The second-order valence-electron chi connectivity index (χ2n) is 7.71. The Bertz CT molecular complexity index is 698. The van der Waals surface area contributed by atoms with Gasteiger partial charge < -0.3 is 15.2 Å². The van der Waals surface area contributed by atoms with Crippen LogP contribution in [0.4, 0.5) is 0 Å². The highest BCUT2D eigenvalue weighted by atomic mass is 16.5. The number of rotatable bonds is 9. The summed E-state index contributed by atoms with van der Waals surface area (Å²) in [5.41, 5.74) is -0.422. The summed E-state index contributed by atoms with van der Waals surface area (Å²) >= 11 is 0. The average molecular weight is 361 g/mol. The number of hydrogen-bond acceptors (Lipinski definition) is 5. The lowest BCUT2D eigenvalue weighted by molar-refractivity contribution is -0.146. The highest BCUT2D eigenvalue weighted by Gasteiger charge is 2.42. The first-order chi connectivity index (χ1) is 12.4. The van der Waals surface area contributed by atoms with E-state index in [-0.39, 0.29) is 18.0 Å². The Kier molecular flexibility index (Phi) is 5.16. The molecular weight excluding hydrogens is 334 g/mol. The molecular formula is C19H27N3O4. The van der Waals surface area contributed by atoms with Gasteiger partial charge in [0, 0.05) is 5.92 Å². The van der Waals surface area contributed by atoms with E-state index >= 15 is 0 Å². The van der Waals surface area contributed by atoms with Crippen LogP contribution in [0.15, 0.2) is 6.20 Å². The van der Waals surface area contributed by atoms with Crippen molar-refractivity contribution in [3.8, 4) is 5.88 Å². The molecule has 1 aromatic rings. The smallest absolute Gasteiger partial charge is 0.329 e. The molecule has 1 heterocycles. The van der Waals surface area contributed by atoms with Crippen molar-refractivity contribution >= 4 is 11.9 Å². The molecule has 1 atom stereocenters. The highest BCUT2D eigenvalue weighted by Crippen LogP contribution is 2.43. The van der Waals surface area contributed by atoms with Gasteiger partial charge in [0.1, 0.15) is 11.2 Å². The summed E-state index contributed by atoms with van der Waals surface area (Å²) in [6.45, 7) is 5.91. The third-order valence-electron chi connectivity index (χ3n) is 5.38. The predicted molar refractivity (Wildman–Crippen MR) is 95.2 cm³/mol. The zero-order valence-electron chi connectivity index (χ0n) is 15.6. The normalized spacial score (nSPS) is 19.1. The molecule has 26 heavy (non-hydrogen) atoms. The van der Waals surface area contributed by atoms with Crippen molar-refractivity contribution in [1.82, 2.24) is 15.3 Å². The molecule has 2 saturated carbocycles. The summed E-state index contributed by atoms with van der Waals surface area (Å²) in [6.07, 6.45) is 6.16. The summed E-state index contributed by atoms with van der Waals surface area (Å²) in [7, 11) is 0. The van der Waals surface area contributed by atoms with E-state index in [0.717, 1.165) is 18.5 Å². The molecule has 2 fully saturated rings. The maximum atomic E-state index is 12.7. The molecule has 7 nitrogen and oxygen atoms in total. The summed E-state index contributed by atoms with van der Waals surface area (Å²) in [4.78, 5) is 33.3. The summed E-state index contributed by atoms with van der Waals surface area (Å²) in [6, 6.07) is 0. The monoisotopic (exact) mass is 361 g/mol. The third-order valence-corrected chi connectivity index (χ3v) is 5.38. The van der Waals surface area contributed by atoms with Crippen LogP contribution in [0.25, 0.3) is 0 Å². The fourth-order valence-corrected chi connectivity index (χ4v) is 3.07. The number of hydrogen-bond donors (Lipinski definition) is 2. The van der Waals surface area contributed by atoms with E-state index in [4.69, 9.17) is 4.74 Å². The minimum Gasteiger partial charge on any atom is -0.479 e. The molecule has 2 aliphatic rings. The third kappa shape index (κ3) is 3.81. The number of carbonyl (C=O) groups is 2. The Morgan fingerprint density at radius 1 is 1.35 bits per heavy atom. The van der Waals surface area contributed by atoms with Crippen LogP contribution < -0.4 is 10.1 Å². The summed E-state index contributed by atoms with van der Waals surface area (Å²) in [5.74, 6) is -0.488. The number of aliphatic carboxylic acids is 1. The molecule has 7 heteroatoms. The Morgan fingerprint density at radius 2 is 2.04 bits per heavy atom. The van der Waals surface area contributed by atoms with E-state index in [1.165, 1.54) is 19.0 Å². The van der Waals surface area contributed by atoms with Crippen LogP contribution >= 0.6 is 0 Å². The van der Waals surface area contributed by atoms with E-state index in [1.54, 1.807) is 20.8 Å². The van der Waals surface area contributed by atoms with Gasteiger partial charge in [0.25, 0.3) is 5.91 Å². The Hall–Kier alpha value is -2.18. The van der Waals surface area contributed by atoms with E-state index < -0.39 is 17.4 Å². The fraction of sp³-hybridized carbons (Fsp3) is 0.684. The van der Waals surface area contributed by atoms with Gasteiger partial charge in [-0.25, -0.2) is 9.78 Å². The Morgan fingerprint density at radius 3 is 2.54 bits per heavy atom. The van der Waals surface area contributed by atoms with Gasteiger partial charge in [-0.1, -0.05) is 20.8 Å². The lowest BCUT2D eigenvalue weighted by Gasteiger charge is -2.33. The molecule has 0 saturated heterocycles. The van der Waals surface area contributed by atoms with Crippen molar-refractivity contribution in [2.45, 2.75) is 64.3 Å². The van der Waals surface area contributed by atoms with E-state index in [2.05, 4.69) is 15.3 Å². The number of ether oxygens (including phenoxy) is 1. The van der Waals surface area contributed by atoms with E-state index in [1.807, 2.05) is 0 Å². The molecule has 0 bridgehead atoms. The largest absolute Gasteiger partial charge is 0.479 e. The predicted octanol–water partition coefficient (Wildman–Crippen LogP) is 2.76. The van der Waals surface area contributed by atoms with Crippen molar-refractivity contribution in [3.05, 3.63) is 17.6 Å². The number of amides is 1. The molecule has 3 rings (SSSR count). The maximum Gasteiger partial charge on any atom is 0.329 e. The second kappa shape index (κ2) is 7.21. The van der Waals surface area contributed by atoms with Gasteiger partial charge >= 0.3 is 5.97 Å². The standard InChI is InChI=1S/C19H27N3O4/c1-4-19(11(2)3,18(24)25)22-16(23)14-9-20-15(13-7-8-13)17(21-14)26-10-12-5-6-12/h9,11-13H,4-8,10H2,1-3H3,(H,22,23)(H,24,25). The van der Waals surface area contributed by atoms with Crippen molar-refractivity contribution in [3.63, 3.8) is 0 Å². The zero-order valence-corrected chi connectivity index (χ0v) is 15.6. The first-order valence-corrected chi connectivity index (χ1v) is 9.43. The molecule has 2 N–H and O–H groups in total. The number of aromatic nitrogens is 2. The van der Waals surface area contributed by atoms with Crippen LogP contribution in [0.3, 0.4) is 0 Å². The second-order valence-corrected chi connectivity index (χ2v) is 7.71. The quantitative estimate of drug-likeness (QED) is 0.701. The van der Waals surface area contributed by atoms with Gasteiger partial charge in [0.15, 0.2) is 5.69 Å². The minimum absolute atomic E-state index is 0.0971. The molecule has 1 unspecified atom stereocenters. The summed E-state index contributed by atoms with van der Waals surface area (Å²) in [5, 5.41) is 12.3.